The Balaban J connectivity index is 2.36. The van der Waals surface area contributed by atoms with Crippen molar-refractivity contribution in [3.05, 3.63) is 22.2 Å². The van der Waals surface area contributed by atoms with Crippen LogP contribution in [0.4, 0.5) is 0 Å². The fraction of sp³-hybridized carbons (Fsp3) is 0.556. The minimum atomic E-state index is 0.549. The van der Waals surface area contributed by atoms with Crippen LogP contribution in [0.2, 0.25) is 5.15 Å². The molecule has 1 aromatic heterocycles. The number of aromatic nitrogens is 2. The van der Waals surface area contributed by atoms with E-state index in [0.717, 1.165) is 35.9 Å². The predicted molar refractivity (Wildman–Crippen MR) is 57.6 cm³/mol. The molecule has 0 fully saturated rings. The highest BCUT2D eigenvalue weighted by molar-refractivity contribution is 7.97. The maximum absolute atomic E-state index is 6.04. The van der Waals surface area contributed by atoms with Crippen molar-refractivity contribution in [3.8, 4) is 0 Å². The van der Waals surface area contributed by atoms with Gasteiger partial charge >= 0.3 is 0 Å². The third-order valence-electron chi connectivity index (χ3n) is 2.09. The highest BCUT2D eigenvalue weighted by Crippen LogP contribution is 2.22. The summed E-state index contributed by atoms with van der Waals surface area (Å²) in [5, 5.41) is 0.554. The van der Waals surface area contributed by atoms with Crippen LogP contribution < -0.4 is 0 Å². The van der Waals surface area contributed by atoms with Gasteiger partial charge in [0.05, 0.1) is 24.7 Å². The first-order chi connectivity index (χ1) is 6.81. The minimum absolute atomic E-state index is 0.549. The molecule has 5 heteroatoms. The van der Waals surface area contributed by atoms with Crippen LogP contribution in [0.1, 0.15) is 17.1 Å². The van der Waals surface area contributed by atoms with E-state index in [-0.39, 0.29) is 0 Å². The Morgan fingerprint density at radius 1 is 1.50 bits per heavy atom. The number of ether oxygens (including phenoxy) is 1. The van der Waals surface area contributed by atoms with E-state index in [1.54, 1.807) is 11.8 Å². The highest BCUT2D eigenvalue weighted by atomic mass is 35.5. The number of hydrogen-bond acceptors (Lipinski definition) is 4. The molecular weight excluding hydrogens is 220 g/mol. The lowest BCUT2D eigenvalue weighted by Gasteiger charge is -2.16. The second-order valence-corrected chi connectivity index (χ2v) is 4.32. The van der Waals surface area contributed by atoms with Crippen molar-refractivity contribution in [1.29, 1.82) is 0 Å². The molecule has 76 valence electrons. The minimum Gasteiger partial charge on any atom is -0.376 e. The Hall–Kier alpha value is -0.320. The zero-order valence-corrected chi connectivity index (χ0v) is 9.49. The molecule has 3 nitrogen and oxygen atoms in total. The Bertz CT molecular complexity index is 346. The number of thioether (sulfide) groups is 1. The van der Waals surface area contributed by atoms with Gasteiger partial charge in [-0.3, -0.25) is 0 Å². The van der Waals surface area contributed by atoms with Crippen LogP contribution in [0, 0.1) is 0 Å². The lowest BCUT2D eigenvalue weighted by Crippen LogP contribution is -2.14. The van der Waals surface area contributed by atoms with Crippen molar-refractivity contribution in [3.63, 3.8) is 0 Å². The van der Waals surface area contributed by atoms with Gasteiger partial charge in [0.2, 0.25) is 0 Å². The molecular formula is C9H11ClN2OS. The van der Waals surface area contributed by atoms with Gasteiger partial charge in [0.25, 0.3) is 0 Å². The Morgan fingerprint density at radius 3 is 3.14 bits per heavy atom. The van der Waals surface area contributed by atoms with Crippen LogP contribution in [0.3, 0.4) is 0 Å². The lowest BCUT2D eigenvalue weighted by molar-refractivity contribution is 0.109. The molecule has 0 unspecified atom stereocenters. The van der Waals surface area contributed by atoms with Crippen molar-refractivity contribution in [2.24, 2.45) is 0 Å². The predicted octanol–water partition coefficient (Wildman–Crippen LogP) is 2.07. The van der Waals surface area contributed by atoms with E-state index < -0.39 is 0 Å². The summed E-state index contributed by atoms with van der Waals surface area (Å²) in [5.41, 5.74) is 2.02. The maximum Gasteiger partial charge on any atom is 0.140 e. The van der Waals surface area contributed by atoms with E-state index in [0.29, 0.717) is 11.8 Å². The van der Waals surface area contributed by atoms with E-state index in [9.17, 15) is 0 Å². The van der Waals surface area contributed by atoms with Crippen molar-refractivity contribution >= 4 is 23.4 Å². The quantitative estimate of drug-likeness (QED) is 0.729. The van der Waals surface area contributed by atoms with Crippen LogP contribution >= 0.6 is 23.4 Å². The molecule has 2 heterocycles. The number of rotatable bonds is 2. The Kier molecular flexibility index (Phi) is 3.26. The number of halogens is 1. The fourth-order valence-electron chi connectivity index (χ4n) is 1.43. The standard InChI is InChI=1S/C9H11ClN2OS/c1-14-5-8-11-7-2-3-13-4-6(7)9(10)12-8/h2-5H2,1H3. The van der Waals surface area contributed by atoms with Crippen LogP contribution in [-0.2, 0) is 23.5 Å². The summed E-state index contributed by atoms with van der Waals surface area (Å²) in [7, 11) is 0. The van der Waals surface area contributed by atoms with Crippen LogP contribution in [0.5, 0.6) is 0 Å². The fourth-order valence-corrected chi connectivity index (χ4v) is 2.08. The third kappa shape index (κ3) is 2.02. The van der Waals surface area contributed by atoms with Gasteiger partial charge in [0.1, 0.15) is 11.0 Å². The molecule has 0 amide bonds. The lowest BCUT2D eigenvalue weighted by atomic mass is 10.1. The Labute approximate surface area is 92.2 Å². The van der Waals surface area contributed by atoms with Gasteiger partial charge in [-0.1, -0.05) is 11.6 Å². The van der Waals surface area contributed by atoms with Gasteiger partial charge in [0.15, 0.2) is 0 Å². The molecule has 0 bridgehead atoms. The average Bonchev–Trinajstić information content (AvgIpc) is 2.18. The first-order valence-electron chi connectivity index (χ1n) is 4.42. The SMILES string of the molecule is CSCc1nc(Cl)c2c(n1)CCOC2. The van der Waals surface area contributed by atoms with Crippen molar-refractivity contribution < 1.29 is 4.74 Å². The first-order valence-corrected chi connectivity index (χ1v) is 6.19. The van der Waals surface area contributed by atoms with Gasteiger partial charge in [-0.05, 0) is 6.26 Å². The molecule has 0 atom stereocenters. The number of nitrogens with zero attached hydrogens (tertiary/aromatic N) is 2. The van der Waals surface area contributed by atoms with E-state index >= 15 is 0 Å². The van der Waals surface area contributed by atoms with E-state index in [1.807, 2.05) is 6.26 Å². The summed E-state index contributed by atoms with van der Waals surface area (Å²) in [6.45, 7) is 1.28. The molecule has 14 heavy (non-hydrogen) atoms. The summed E-state index contributed by atoms with van der Waals surface area (Å²) in [6.07, 6.45) is 2.87. The molecule has 1 aromatic rings. The highest BCUT2D eigenvalue weighted by Gasteiger charge is 2.16. The average molecular weight is 231 g/mol. The summed E-state index contributed by atoms with van der Waals surface area (Å²) in [4.78, 5) is 8.70. The van der Waals surface area contributed by atoms with Crippen LogP contribution in [0.25, 0.3) is 0 Å². The monoisotopic (exact) mass is 230 g/mol. The molecule has 0 saturated heterocycles. The molecule has 1 aliphatic heterocycles. The molecule has 0 saturated carbocycles. The molecule has 0 N–H and O–H groups in total. The zero-order valence-electron chi connectivity index (χ0n) is 7.92. The number of fused-ring (bicyclic) bond motifs is 1. The third-order valence-corrected chi connectivity index (χ3v) is 2.95. The Morgan fingerprint density at radius 2 is 2.36 bits per heavy atom. The molecule has 0 radical (unpaired) electrons. The van der Waals surface area contributed by atoms with Gasteiger partial charge in [-0.15, -0.1) is 0 Å². The summed E-state index contributed by atoms with van der Waals surface area (Å²) in [6, 6.07) is 0. The second kappa shape index (κ2) is 4.47. The molecule has 2 rings (SSSR count). The first kappa shape index (κ1) is 10.2. The van der Waals surface area contributed by atoms with Gasteiger partial charge in [-0.2, -0.15) is 11.8 Å². The molecule has 0 spiro atoms. The van der Waals surface area contributed by atoms with E-state index in [1.165, 1.54) is 0 Å². The summed E-state index contributed by atoms with van der Waals surface area (Å²) < 4.78 is 5.31. The zero-order chi connectivity index (χ0) is 9.97. The summed E-state index contributed by atoms with van der Waals surface area (Å²) in [5.74, 6) is 1.64. The second-order valence-electron chi connectivity index (χ2n) is 3.09. The largest absolute Gasteiger partial charge is 0.376 e. The van der Waals surface area contributed by atoms with E-state index in [4.69, 9.17) is 16.3 Å². The van der Waals surface area contributed by atoms with Crippen molar-refractivity contribution in [2.75, 3.05) is 12.9 Å². The summed E-state index contributed by atoms with van der Waals surface area (Å²) >= 11 is 7.74. The van der Waals surface area contributed by atoms with Crippen LogP contribution in [0.15, 0.2) is 0 Å². The van der Waals surface area contributed by atoms with Crippen LogP contribution in [-0.4, -0.2) is 22.8 Å². The number of hydrogen-bond donors (Lipinski definition) is 0. The van der Waals surface area contributed by atoms with E-state index in [2.05, 4.69) is 9.97 Å². The topological polar surface area (TPSA) is 35.0 Å². The normalized spacial score (nSPS) is 15.3. The molecule has 0 aromatic carbocycles. The van der Waals surface area contributed by atoms with Crippen molar-refractivity contribution in [2.45, 2.75) is 18.8 Å². The van der Waals surface area contributed by atoms with Gasteiger partial charge < -0.3 is 4.74 Å². The van der Waals surface area contributed by atoms with Gasteiger partial charge in [-0.25, -0.2) is 9.97 Å². The molecule has 1 aliphatic rings. The smallest absolute Gasteiger partial charge is 0.140 e. The molecule has 0 aliphatic carbocycles. The van der Waals surface area contributed by atoms with Crippen molar-refractivity contribution in [1.82, 2.24) is 9.97 Å². The van der Waals surface area contributed by atoms with Gasteiger partial charge in [0, 0.05) is 12.0 Å². The maximum atomic E-state index is 6.04.